The van der Waals surface area contributed by atoms with E-state index in [1.165, 1.54) is 12.1 Å². The molecule has 0 spiro atoms. The minimum atomic E-state index is -1.15. The summed E-state index contributed by atoms with van der Waals surface area (Å²) >= 11 is 5.71. The lowest BCUT2D eigenvalue weighted by Gasteiger charge is -2.29. The Morgan fingerprint density at radius 3 is 2.61 bits per heavy atom. The third kappa shape index (κ3) is 4.94. The lowest BCUT2D eigenvalue weighted by atomic mass is 9.85. The maximum absolute atomic E-state index is 14.6. The first-order valence-electron chi connectivity index (χ1n) is 12.2. The number of anilines is 3. The van der Waals surface area contributed by atoms with E-state index in [2.05, 4.69) is 20.6 Å². The summed E-state index contributed by atoms with van der Waals surface area (Å²) in [4.78, 5) is 25.4. The van der Waals surface area contributed by atoms with Gasteiger partial charge in [0, 0.05) is 18.0 Å². The number of primary amides is 1. The molecule has 9 nitrogen and oxygen atoms in total. The summed E-state index contributed by atoms with van der Waals surface area (Å²) < 4.78 is 30.6. The summed E-state index contributed by atoms with van der Waals surface area (Å²) in [5.41, 5.74) is 6.42. The largest absolute Gasteiger partial charge is 0.393 e. The van der Waals surface area contributed by atoms with Gasteiger partial charge in [-0.2, -0.15) is 4.98 Å². The summed E-state index contributed by atoms with van der Waals surface area (Å²) in [5, 5.41) is 15.9. The molecule has 2 aliphatic rings. The maximum Gasteiger partial charge on any atom is 0.224 e. The van der Waals surface area contributed by atoms with Crippen molar-refractivity contribution in [3.8, 4) is 0 Å². The first-order chi connectivity index (χ1) is 17.3. The van der Waals surface area contributed by atoms with Crippen LogP contribution in [0.1, 0.15) is 57.4 Å². The van der Waals surface area contributed by atoms with Crippen molar-refractivity contribution in [3.05, 3.63) is 35.0 Å². The van der Waals surface area contributed by atoms with Gasteiger partial charge in [0.25, 0.3) is 0 Å². The monoisotopic (exact) mass is 519 g/mol. The van der Waals surface area contributed by atoms with Crippen molar-refractivity contribution in [2.75, 3.05) is 10.6 Å². The molecule has 1 aromatic carbocycles. The molecule has 0 aliphatic heterocycles. The highest BCUT2D eigenvalue weighted by atomic mass is 35.5. The summed E-state index contributed by atoms with van der Waals surface area (Å²) in [6.45, 7) is 0. The standard InChI is InChI=1S/C24H28ClF2N7O2/c25-16-8-9-17(20(27)19(16)26)31-24-32-18-11-29-23(30-13-2-1-3-15(35)10-13)33-22(18)34(24)14-6-4-12(5-7-14)21(28)36/h8-9,11-15,35H,1-7,10H2,(H2,28,36)(H,31,32)(H,29,30,33)/t12-,13?,14+,15-/m1/s1. The smallest absolute Gasteiger partial charge is 0.224 e. The van der Waals surface area contributed by atoms with Gasteiger partial charge in [0.1, 0.15) is 5.52 Å². The van der Waals surface area contributed by atoms with Crippen molar-refractivity contribution in [2.45, 2.75) is 69.6 Å². The van der Waals surface area contributed by atoms with Crippen molar-refractivity contribution < 1.29 is 18.7 Å². The molecule has 3 aromatic rings. The minimum absolute atomic E-state index is 0.0531. The number of amides is 1. The summed E-state index contributed by atoms with van der Waals surface area (Å²) in [7, 11) is 0. The zero-order chi connectivity index (χ0) is 25.4. The van der Waals surface area contributed by atoms with Crippen LogP contribution in [0.15, 0.2) is 18.3 Å². The number of rotatable bonds is 6. The number of fused-ring (bicyclic) bond motifs is 1. The number of nitrogens with zero attached hydrogens (tertiary/aromatic N) is 4. The molecule has 2 aliphatic carbocycles. The molecule has 5 rings (SSSR count). The van der Waals surface area contributed by atoms with E-state index in [9.17, 15) is 18.7 Å². The number of carbonyl (C=O) groups is 1. The van der Waals surface area contributed by atoms with E-state index in [0.29, 0.717) is 49.2 Å². The molecule has 1 unspecified atom stereocenters. The van der Waals surface area contributed by atoms with Gasteiger partial charge in [-0.05, 0) is 63.5 Å². The predicted octanol–water partition coefficient (Wildman–Crippen LogP) is 4.43. The van der Waals surface area contributed by atoms with Crippen LogP contribution in [0.25, 0.3) is 11.2 Å². The number of aliphatic hydroxyl groups excluding tert-OH is 1. The lowest BCUT2D eigenvalue weighted by Crippen LogP contribution is -2.30. The number of benzene rings is 1. The molecule has 2 heterocycles. The Balaban J connectivity index is 1.51. The van der Waals surface area contributed by atoms with E-state index >= 15 is 0 Å². The minimum Gasteiger partial charge on any atom is -0.393 e. The Morgan fingerprint density at radius 2 is 1.89 bits per heavy atom. The number of aliphatic hydroxyl groups is 1. The molecule has 0 radical (unpaired) electrons. The van der Waals surface area contributed by atoms with Crippen LogP contribution in [0, 0.1) is 17.6 Å². The van der Waals surface area contributed by atoms with Crippen molar-refractivity contribution in [1.29, 1.82) is 0 Å². The number of hydrogen-bond donors (Lipinski definition) is 4. The fourth-order valence-electron chi connectivity index (χ4n) is 5.23. The predicted molar refractivity (Wildman–Crippen MR) is 132 cm³/mol. The van der Waals surface area contributed by atoms with Gasteiger partial charge < -0.3 is 21.5 Å². The van der Waals surface area contributed by atoms with E-state index in [0.717, 1.165) is 19.3 Å². The van der Waals surface area contributed by atoms with Gasteiger partial charge in [-0.1, -0.05) is 11.6 Å². The van der Waals surface area contributed by atoms with Crippen LogP contribution < -0.4 is 16.4 Å². The second kappa shape index (κ2) is 10.1. The Bertz CT molecular complexity index is 1280. The Morgan fingerprint density at radius 1 is 1.11 bits per heavy atom. The molecule has 0 saturated heterocycles. The fourth-order valence-corrected chi connectivity index (χ4v) is 5.38. The average molecular weight is 520 g/mol. The summed E-state index contributed by atoms with van der Waals surface area (Å²) in [6.07, 6.45) is 6.97. The molecule has 2 aromatic heterocycles. The van der Waals surface area contributed by atoms with E-state index in [1.54, 1.807) is 6.20 Å². The first kappa shape index (κ1) is 24.6. The number of aromatic nitrogens is 4. The first-order valence-corrected chi connectivity index (χ1v) is 12.6. The van der Waals surface area contributed by atoms with Crippen molar-refractivity contribution in [2.24, 2.45) is 11.7 Å². The quantitative estimate of drug-likeness (QED) is 0.354. The van der Waals surface area contributed by atoms with Crippen LogP contribution in [0.2, 0.25) is 5.02 Å². The molecular formula is C24H28ClF2N7O2. The topological polar surface area (TPSA) is 131 Å². The zero-order valence-corrected chi connectivity index (χ0v) is 20.3. The number of hydrogen-bond acceptors (Lipinski definition) is 7. The van der Waals surface area contributed by atoms with Gasteiger partial charge in [-0.25, -0.2) is 18.7 Å². The van der Waals surface area contributed by atoms with Gasteiger partial charge in [0.2, 0.25) is 17.8 Å². The van der Waals surface area contributed by atoms with E-state index < -0.39 is 11.6 Å². The summed E-state index contributed by atoms with van der Waals surface area (Å²) in [6, 6.07) is 2.58. The van der Waals surface area contributed by atoms with Crippen molar-refractivity contribution in [3.63, 3.8) is 0 Å². The lowest BCUT2D eigenvalue weighted by molar-refractivity contribution is -0.122. The van der Waals surface area contributed by atoms with Gasteiger partial charge >= 0.3 is 0 Å². The SMILES string of the molecule is NC(=O)[C@H]1CC[C@@H](n2c(Nc3ccc(Cl)c(F)c3F)nc3cnc(NC4CCC[C@@H](O)C4)nc32)CC1. The highest BCUT2D eigenvalue weighted by molar-refractivity contribution is 6.30. The molecular weight excluding hydrogens is 492 g/mol. The highest BCUT2D eigenvalue weighted by Crippen LogP contribution is 2.37. The number of halogens is 3. The van der Waals surface area contributed by atoms with Crippen LogP contribution in [0.3, 0.4) is 0 Å². The molecule has 12 heteroatoms. The van der Waals surface area contributed by atoms with Gasteiger partial charge in [-0.15, -0.1) is 0 Å². The fraction of sp³-hybridized carbons (Fsp3) is 0.500. The molecule has 36 heavy (non-hydrogen) atoms. The number of nitrogens with one attached hydrogen (secondary N) is 2. The molecule has 2 fully saturated rings. The van der Waals surface area contributed by atoms with Crippen molar-refractivity contribution >= 4 is 46.3 Å². The molecule has 192 valence electrons. The normalized spacial score (nSPS) is 24.6. The van der Waals surface area contributed by atoms with Gasteiger partial charge in [0.15, 0.2) is 17.3 Å². The van der Waals surface area contributed by atoms with Crippen LogP contribution in [-0.4, -0.2) is 42.7 Å². The number of imidazole rings is 1. The highest BCUT2D eigenvalue weighted by Gasteiger charge is 2.30. The Labute approximate surface area is 211 Å². The van der Waals surface area contributed by atoms with E-state index in [4.69, 9.17) is 22.3 Å². The van der Waals surface area contributed by atoms with Crippen LogP contribution >= 0.6 is 11.6 Å². The van der Waals surface area contributed by atoms with Gasteiger partial charge in [0.05, 0.1) is 23.0 Å². The number of nitrogens with two attached hydrogens (primary N) is 1. The second-order valence-corrected chi connectivity index (χ2v) is 10.0. The molecule has 0 bridgehead atoms. The van der Waals surface area contributed by atoms with Gasteiger partial charge in [-0.3, -0.25) is 9.36 Å². The van der Waals surface area contributed by atoms with E-state index in [1.807, 2.05) is 4.57 Å². The van der Waals surface area contributed by atoms with Crippen molar-refractivity contribution in [1.82, 2.24) is 19.5 Å². The number of carbonyl (C=O) groups excluding carboxylic acids is 1. The Kier molecular flexibility index (Phi) is 6.94. The zero-order valence-electron chi connectivity index (χ0n) is 19.6. The third-order valence-corrected chi connectivity index (χ3v) is 7.45. The second-order valence-electron chi connectivity index (χ2n) is 9.63. The van der Waals surface area contributed by atoms with Crippen LogP contribution in [0.4, 0.5) is 26.4 Å². The molecule has 1 amide bonds. The summed E-state index contributed by atoms with van der Waals surface area (Å²) in [5.74, 6) is -2.07. The van der Waals surface area contributed by atoms with Crippen LogP contribution in [-0.2, 0) is 4.79 Å². The average Bonchev–Trinajstić information content (AvgIpc) is 3.21. The third-order valence-electron chi connectivity index (χ3n) is 7.16. The molecule has 2 atom stereocenters. The maximum atomic E-state index is 14.6. The molecule has 5 N–H and O–H groups in total. The Hall–Kier alpha value is -3.05. The van der Waals surface area contributed by atoms with Crippen LogP contribution in [0.5, 0.6) is 0 Å². The molecule has 2 saturated carbocycles. The van der Waals surface area contributed by atoms with E-state index in [-0.39, 0.29) is 46.7 Å².